The van der Waals surface area contributed by atoms with Gasteiger partial charge in [-0.05, 0) is 58.2 Å². The summed E-state index contributed by atoms with van der Waals surface area (Å²) in [6.45, 7) is 8.88. The molecule has 2 heterocycles. The summed E-state index contributed by atoms with van der Waals surface area (Å²) in [7, 11) is 0. The number of amides is 1. The number of carbonyl (C=O) groups excluding carboxylic acids is 1. The Hall–Kier alpha value is -1.40. The number of hydrogen-bond donors (Lipinski definition) is 2. The number of carbonyl (C=O) groups is 1. The van der Waals surface area contributed by atoms with Crippen LogP contribution in [0.2, 0.25) is 0 Å². The van der Waals surface area contributed by atoms with Crippen LogP contribution in [0.15, 0.2) is 18.5 Å². The Kier molecular flexibility index (Phi) is 5.49. The quantitative estimate of drug-likeness (QED) is 0.791. The zero-order chi connectivity index (χ0) is 17.9. The largest absolute Gasteiger partial charge is 0.378 e. The van der Waals surface area contributed by atoms with E-state index in [1.807, 2.05) is 23.9 Å². The average molecular weight is 348 g/mol. The van der Waals surface area contributed by atoms with E-state index in [9.17, 15) is 4.79 Å². The first-order chi connectivity index (χ1) is 12.1. The topological polar surface area (TPSA) is 68.2 Å². The second-order valence-electron chi connectivity index (χ2n) is 7.38. The van der Waals surface area contributed by atoms with Crippen LogP contribution in [0.3, 0.4) is 0 Å². The van der Waals surface area contributed by atoms with Crippen LogP contribution in [0.4, 0.5) is 0 Å². The van der Waals surface area contributed by atoms with E-state index in [1.54, 1.807) is 6.20 Å². The molecule has 140 valence electrons. The van der Waals surface area contributed by atoms with Gasteiger partial charge in [0.15, 0.2) is 0 Å². The Morgan fingerprint density at radius 1 is 1.32 bits per heavy atom. The molecular weight excluding hydrogens is 316 g/mol. The van der Waals surface area contributed by atoms with Crippen LogP contribution in [0, 0.1) is 5.41 Å². The normalized spacial score (nSPS) is 27.5. The SMILES string of the molecule is CCOC1CC(NC(=O)C2(n3cccn3)CCNCC2)C1(CC)CC. The second kappa shape index (κ2) is 7.46. The molecule has 1 aliphatic carbocycles. The number of nitrogens with one attached hydrogen (secondary N) is 2. The minimum absolute atomic E-state index is 0.0594. The third-order valence-corrected chi connectivity index (χ3v) is 6.57. The maximum atomic E-state index is 13.4. The fraction of sp³-hybridized carbons (Fsp3) is 0.789. The average Bonchev–Trinajstić information content (AvgIpc) is 3.17. The molecular formula is C19H32N4O2. The monoisotopic (exact) mass is 348 g/mol. The lowest BCUT2D eigenvalue weighted by atomic mass is 9.58. The summed E-state index contributed by atoms with van der Waals surface area (Å²) in [5.74, 6) is 0.115. The van der Waals surface area contributed by atoms with Gasteiger partial charge in [0, 0.05) is 30.5 Å². The third kappa shape index (κ3) is 2.99. The zero-order valence-corrected chi connectivity index (χ0v) is 15.8. The molecule has 0 spiro atoms. The molecule has 2 fully saturated rings. The van der Waals surface area contributed by atoms with Crippen molar-refractivity contribution in [3.63, 3.8) is 0 Å². The minimum atomic E-state index is -0.571. The molecule has 1 aliphatic heterocycles. The number of ether oxygens (including phenoxy) is 1. The number of hydrogen-bond acceptors (Lipinski definition) is 4. The van der Waals surface area contributed by atoms with Gasteiger partial charge in [0.1, 0.15) is 5.54 Å². The molecule has 0 bridgehead atoms. The zero-order valence-electron chi connectivity index (χ0n) is 15.8. The van der Waals surface area contributed by atoms with E-state index in [0.29, 0.717) is 0 Å². The molecule has 3 rings (SSSR count). The molecule has 1 amide bonds. The molecule has 25 heavy (non-hydrogen) atoms. The number of rotatable bonds is 7. The summed E-state index contributed by atoms with van der Waals surface area (Å²) >= 11 is 0. The maximum absolute atomic E-state index is 13.4. The lowest BCUT2D eigenvalue weighted by Gasteiger charge is -2.56. The molecule has 1 aromatic heterocycles. The Labute approximate surface area is 150 Å². The maximum Gasteiger partial charge on any atom is 0.248 e. The van der Waals surface area contributed by atoms with Crippen molar-refractivity contribution in [2.75, 3.05) is 19.7 Å². The molecule has 1 saturated heterocycles. The van der Waals surface area contributed by atoms with Crippen LogP contribution in [-0.4, -0.2) is 47.5 Å². The molecule has 2 unspecified atom stereocenters. The first-order valence-corrected chi connectivity index (χ1v) is 9.76. The standard InChI is InChI=1S/C19H32N4O2/c1-4-18(5-2)15(14-16(18)25-6-3)22-17(24)19(8-11-20-12-9-19)23-13-7-10-21-23/h7,10,13,15-16,20H,4-6,8-9,11-12,14H2,1-3H3,(H,22,24). The fourth-order valence-corrected chi connectivity index (χ4v) is 4.80. The summed E-state index contributed by atoms with van der Waals surface area (Å²) < 4.78 is 7.81. The molecule has 0 aromatic carbocycles. The lowest BCUT2D eigenvalue weighted by Crippen LogP contribution is -2.67. The number of piperidine rings is 1. The van der Waals surface area contributed by atoms with Crippen molar-refractivity contribution in [2.45, 2.75) is 70.6 Å². The van der Waals surface area contributed by atoms with Crippen molar-refractivity contribution < 1.29 is 9.53 Å². The molecule has 1 aromatic rings. The van der Waals surface area contributed by atoms with Gasteiger partial charge in [0.2, 0.25) is 5.91 Å². The molecule has 6 nitrogen and oxygen atoms in total. The smallest absolute Gasteiger partial charge is 0.248 e. The van der Waals surface area contributed by atoms with Crippen LogP contribution in [0.1, 0.15) is 52.9 Å². The Balaban J connectivity index is 1.78. The van der Waals surface area contributed by atoms with Crippen molar-refractivity contribution in [3.05, 3.63) is 18.5 Å². The first-order valence-electron chi connectivity index (χ1n) is 9.76. The van der Waals surface area contributed by atoms with E-state index in [0.717, 1.165) is 51.8 Å². The van der Waals surface area contributed by atoms with Crippen molar-refractivity contribution in [2.24, 2.45) is 5.41 Å². The molecule has 2 N–H and O–H groups in total. The summed E-state index contributed by atoms with van der Waals surface area (Å²) in [5, 5.41) is 11.2. The fourth-order valence-electron chi connectivity index (χ4n) is 4.80. The summed E-state index contributed by atoms with van der Waals surface area (Å²) in [6, 6.07) is 2.09. The highest BCUT2D eigenvalue weighted by molar-refractivity contribution is 5.85. The van der Waals surface area contributed by atoms with E-state index in [2.05, 4.69) is 29.6 Å². The third-order valence-electron chi connectivity index (χ3n) is 6.57. The van der Waals surface area contributed by atoms with Gasteiger partial charge in [-0.15, -0.1) is 0 Å². The van der Waals surface area contributed by atoms with Crippen molar-refractivity contribution >= 4 is 5.91 Å². The predicted molar refractivity (Wildman–Crippen MR) is 97.3 cm³/mol. The van der Waals surface area contributed by atoms with Gasteiger partial charge in [-0.2, -0.15) is 5.10 Å². The van der Waals surface area contributed by atoms with Crippen molar-refractivity contribution in [3.8, 4) is 0 Å². The van der Waals surface area contributed by atoms with Gasteiger partial charge in [-0.3, -0.25) is 9.48 Å². The van der Waals surface area contributed by atoms with Gasteiger partial charge in [-0.25, -0.2) is 0 Å². The van der Waals surface area contributed by atoms with E-state index in [4.69, 9.17) is 4.74 Å². The van der Waals surface area contributed by atoms with Crippen molar-refractivity contribution in [1.82, 2.24) is 20.4 Å². The van der Waals surface area contributed by atoms with Gasteiger partial charge < -0.3 is 15.4 Å². The van der Waals surface area contributed by atoms with Crippen LogP contribution in [0.5, 0.6) is 0 Å². The molecule has 0 radical (unpaired) electrons. The molecule has 6 heteroatoms. The summed E-state index contributed by atoms with van der Waals surface area (Å²) in [4.78, 5) is 13.4. The van der Waals surface area contributed by atoms with Gasteiger partial charge >= 0.3 is 0 Å². The lowest BCUT2D eigenvalue weighted by molar-refractivity contribution is -0.154. The highest BCUT2D eigenvalue weighted by Crippen LogP contribution is 2.49. The van der Waals surface area contributed by atoms with E-state index < -0.39 is 5.54 Å². The molecule has 2 atom stereocenters. The Bertz CT molecular complexity index is 562. The minimum Gasteiger partial charge on any atom is -0.378 e. The number of aromatic nitrogens is 2. The highest BCUT2D eigenvalue weighted by atomic mass is 16.5. The van der Waals surface area contributed by atoms with Crippen LogP contribution in [-0.2, 0) is 15.1 Å². The van der Waals surface area contributed by atoms with Crippen molar-refractivity contribution in [1.29, 1.82) is 0 Å². The first kappa shape index (κ1) is 18.4. The van der Waals surface area contributed by atoms with Crippen LogP contribution in [0.25, 0.3) is 0 Å². The summed E-state index contributed by atoms with van der Waals surface area (Å²) in [6.07, 6.45) is 8.43. The number of nitrogens with zero attached hydrogens (tertiary/aromatic N) is 2. The van der Waals surface area contributed by atoms with Gasteiger partial charge in [-0.1, -0.05) is 13.8 Å². The second-order valence-corrected chi connectivity index (χ2v) is 7.38. The summed E-state index contributed by atoms with van der Waals surface area (Å²) in [5.41, 5.74) is -0.511. The van der Waals surface area contributed by atoms with Crippen LogP contribution >= 0.6 is 0 Å². The van der Waals surface area contributed by atoms with Crippen LogP contribution < -0.4 is 10.6 Å². The van der Waals surface area contributed by atoms with Gasteiger partial charge in [0.05, 0.1) is 6.10 Å². The van der Waals surface area contributed by atoms with E-state index in [1.165, 1.54) is 0 Å². The highest BCUT2D eigenvalue weighted by Gasteiger charge is 2.55. The molecule has 1 saturated carbocycles. The van der Waals surface area contributed by atoms with E-state index >= 15 is 0 Å². The van der Waals surface area contributed by atoms with E-state index in [-0.39, 0.29) is 23.5 Å². The predicted octanol–water partition coefficient (Wildman–Crippen LogP) is 2.06. The van der Waals surface area contributed by atoms with Gasteiger partial charge in [0.25, 0.3) is 0 Å². The Morgan fingerprint density at radius 3 is 2.60 bits per heavy atom. The molecule has 2 aliphatic rings. The Morgan fingerprint density at radius 2 is 2.04 bits per heavy atom.